The molecule has 1 heterocycles. The first-order chi connectivity index (χ1) is 7.27. The van der Waals surface area contributed by atoms with E-state index in [1.54, 1.807) is 0 Å². The Morgan fingerprint density at radius 3 is 2.53 bits per heavy atom. The van der Waals surface area contributed by atoms with E-state index in [1.165, 1.54) is 19.3 Å². The van der Waals surface area contributed by atoms with Gasteiger partial charge in [0.1, 0.15) is 6.10 Å². The highest BCUT2D eigenvalue weighted by atomic mass is 16.5. The van der Waals surface area contributed by atoms with Crippen molar-refractivity contribution in [3.8, 4) is 0 Å². The molecule has 2 rings (SSSR count). The van der Waals surface area contributed by atoms with Crippen molar-refractivity contribution in [2.75, 3.05) is 6.61 Å². The fourth-order valence-electron chi connectivity index (χ4n) is 2.56. The summed E-state index contributed by atoms with van der Waals surface area (Å²) in [5.74, 6) is 0.500. The molecule has 2 fully saturated rings. The predicted molar refractivity (Wildman–Crippen MR) is 58.5 cm³/mol. The Labute approximate surface area is 91.6 Å². The highest BCUT2D eigenvalue weighted by Crippen LogP contribution is 2.22. The molecule has 2 aliphatic rings. The van der Waals surface area contributed by atoms with Crippen LogP contribution < -0.4 is 5.32 Å². The first-order valence-corrected chi connectivity index (χ1v) is 6.19. The second-order valence-corrected chi connectivity index (χ2v) is 4.90. The van der Waals surface area contributed by atoms with Gasteiger partial charge in [0.15, 0.2) is 0 Å². The lowest BCUT2D eigenvalue weighted by atomic mass is 9.95. The third-order valence-corrected chi connectivity index (χ3v) is 3.60. The van der Waals surface area contributed by atoms with Crippen molar-refractivity contribution >= 4 is 5.91 Å². The summed E-state index contributed by atoms with van der Waals surface area (Å²) in [6.45, 7) is 2.84. The first-order valence-electron chi connectivity index (χ1n) is 6.19. The SMILES string of the molecule is CC1CCOC1C(=O)NC1CCCCC1. The Morgan fingerprint density at radius 2 is 1.93 bits per heavy atom. The maximum absolute atomic E-state index is 11.9. The van der Waals surface area contributed by atoms with Gasteiger partial charge in [-0.1, -0.05) is 26.2 Å². The molecule has 3 heteroatoms. The molecular formula is C12H21NO2. The maximum atomic E-state index is 11.9. The summed E-state index contributed by atoms with van der Waals surface area (Å²) >= 11 is 0. The van der Waals surface area contributed by atoms with Crippen molar-refractivity contribution in [3.63, 3.8) is 0 Å². The zero-order chi connectivity index (χ0) is 10.7. The fraction of sp³-hybridized carbons (Fsp3) is 0.917. The zero-order valence-corrected chi connectivity index (χ0v) is 9.50. The van der Waals surface area contributed by atoms with Crippen LogP contribution in [0.1, 0.15) is 45.4 Å². The van der Waals surface area contributed by atoms with Crippen molar-refractivity contribution in [1.29, 1.82) is 0 Å². The first kappa shape index (κ1) is 10.9. The van der Waals surface area contributed by atoms with E-state index in [0.717, 1.165) is 25.9 Å². The van der Waals surface area contributed by atoms with E-state index in [1.807, 2.05) is 0 Å². The summed E-state index contributed by atoms with van der Waals surface area (Å²) in [6.07, 6.45) is 6.95. The average Bonchev–Trinajstić information content (AvgIpc) is 2.66. The summed E-state index contributed by atoms with van der Waals surface area (Å²) in [5, 5.41) is 3.13. The summed E-state index contributed by atoms with van der Waals surface area (Å²) in [7, 11) is 0. The van der Waals surface area contributed by atoms with Crippen LogP contribution in [-0.4, -0.2) is 24.7 Å². The molecule has 0 bridgehead atoms. The zero-order valence-electron chi connectivity index (χ0n) is 9.50. The average molecular weight is 211 g/mol. The highest BCUT2D eigenvalue weighted by Gasteiger charge is 2.31. The second-order valence-electron chi connectivity index (χ2n) is 4.90. The number of ether oxygens (including phenoxy) is 1. The minimum absolute atomic E-state index is 0.118. The van der Waals surface area contributed by atoms with Crippen LogP contribution >= 0.6 is 0 Å². The lowest BCUT2D eigenvalue weighted by molar-refractivity contribution is -0.132. The monoisotopic (exact) mass is 211 g/mol. The molecule has 15 heavy (non-hydrogen) atoms. The molecule has 1 saturated carbocycles. The molecule has 2 unspecified atom stereocenters. The highest BCUT2D eigenvalue weighted by molar-refractivity contribution is 5.81. The molecule has 0 radical (unpaired) electrons. The summed E-state index contributed by atoms with van der Waals surface area (Å²) < 4.78 is 5.46. The number of amides is 1. The van der Waals surface area contributed by atoms with Crippen LogP contribution in [0.15, 0.2) is 0 Å². The van der Waals surface area contributed by atoms with E-state index in [4.69, 9.17) is 4.74 Å². The van der Waals surface area contributed by atoms with Gasteiger partial charge in [0.2, 0.25) is 5.91 Å². The number of nitrogens with one attached hydrogen (secondary N) is 1. The van der Waals surface area contributed by atoms with Gasteiger partial charge in [-0.25, -0.2) is 0 Å². The van der Waals surface area contributed by atoms with E-state index in [2.05, 4.69) is 12.2 Å². The molecule has 0 spiro atoms. The molecule has 1 amide bonds. The fourth-order valence-corrected chi connectivity index (χ4v) is 2.56. The quantitative estimate of drug-likeness (QED) is 0.757. The van der Waals surface area contributed by atoms with E-state index in [9.17, 15) is 4.79 Å². The van der Waals surface area contributed by atoms with Crippen molar-refractivity contribution in [2.45, 2.75) is 57.6 Å². The van der Waals surface area contributed by atoms with Gasteiger partial charge in [-0.15, -0.1) is 0 Å². The standard InChI is InChI=1S/C12H21NO2/c1-9-7-8-15-11(9)12(14)13-10-5-3-2-4-6-10/h9-11H,2-8H2,1H3,(H,13,14). The third kappa shape index (κ3) is 2.71. The summed E-state index contributed by atoms with van der Waals surface area (Å²) in [5.41, 5.74) is 0. The van der Waals surface area contributed by atoms with Gasteiger partial charge in [-0.05, 0) is 25.2 Å². The Bertz CT molecular complexity index is 224. The van der Waals surface area contributed by atoms with Crippen molar-refractivity contribution in [3.05, 3.63) is 0 Å². The second kappa shape index (κ2) is 4.97. The van der Waals surface area contributed by atoms with E-state index >= 15 is 0 Å². The van der Waals surface area contributed by atoms with Gasteiger partial charge in [0.05, 0.1) is 0 Å². The molecule has 3 nitrogen and oxygen atoms in total. The summed E-state index contributed by atoms with van der Waals surface area (Å²) in [6, 6.07) is 0.405. The maximum Gasteiger partial charge on any atom is 0.249 e. The topological polar surface area (TPSA) is 38.3 Å². The van der Waals surface area contributed by atoms with Crippen LogP contribution in [0.2, 0.25) is 0 Å². The minimum Gasteiger partial charge on any atom is -0.368 e. The van der Waals surface area contributed by atoms with Crippen molar-refractivity contribution in [2.24, 2.45) is 5.92 Å². The van der Waals surface area contributed by atoms with Gasteiger partial charge in [-0.3, -0.25) is 4.79 Å². The normalized spacial score (nSPS) is 32.9. The molecule has 1 saturated heterocycles. The largest absolute Gasteiger partial charge is 0.368 e. The molecule has 1 aliphatic heterocycles. The number of carbonyl (C=O) groups is 1. The van der Waals surface area contributed by atoms with Gasteiger partial charge in [0, 0.05) is 12.6 Å². The van der Waals surface area contributed by atoms with Crippen molar-refractivity contribution < 1.29 is 9.53 Å². The Balaban J connectivity index is 1.80. The van der Waals surface area contributed by atoms with E-state index < -0.39 is 0 Å². The minimum atomic E-state index is -0.188. The van der Waals surface area contributed by atoms with Crippen LogP contribution in [-0.2, 0) is 9.53 Å². The van der Waals surface area contributed by atoms with Crippen LogP contribution in [0, 0.1) is 5.92 Å². The molecule has 1 aliphatic carbocycles. The van der Waals surface area contributed by atoms with Crippen molar-refractivity contribution in [1.82, 2.24) is 5.32 Å². The third-order valence-electron chi connectivity index (χ3n) is 3.60. The van der Waals surface area contributed by atoms with E-state index in [-0.39, 0.29) is 12.0 Å². The van der Waals surface area contributed by atoms with Gasteiger partial charge in [-0.2, -0.15) is 0 Å². The van der Waals surface area contributed by atoms with Gasteiger partial charge in [0.25, 0.3) is 0 Å². The Morgan fingerprint density at radius 1 is 1.20 bits per heavy atom. The van der Waals surface area contributed by atoms with Crippen LogP contribution in [0.3, 0.4) is 0 Å². The van der Waals surface area contributed by atoms with Gasteiger partial charge < -0.3 is 10.1 Å². The number of hydrogen-bond donors (Lipinski definition) is 1. The number of hydrogen-bond acceptors (Lipinski definition) is 2. The molecule has 0 aromatic heterocycles. The Hall–Kier alpha value is -0.570. The molecule has 2 atom stereocenters. The number of carbonyl (C=O) groups excluding carboxylic acids is 1. The molecule has 86 valence electrons. The lowest BCUT2D eigenvalue weighted by Gasteiger charge is -2.25. The molecule has 1 N–H and O–H groups in total. The lowest BCUT2D eigenvalue weighted by Crippen LogP contribution is -2.43. The van der Waals surface area contributed by atoms with Crippen LogP contribution in [0.5, 0.6) is 0 Å². The predicted octanol–water partition coefficient (Wildman–Crippen LogP) is 1.86. The molecule has 0 aromatic rings. The Kier molecular flexibility index (Phi) is 3.62. The van der Waals surface area contributed by atoms with Crippen LogP contribution in [0.25, 0.3) is 0 Å². The van der Waals surface area contributed by atoms with Gasteiger partial charge >= 0.3 is 0 Å². The van der Waals surface area contributed by atoms with Crippen LogP contribution in [0.4, 0.5) is 0 Å². The summed E-state index contributed by atoms with van der Waals surface area (Å²) in [4.78, 5) is 11.9. The van der Waals surface area contributed by atoms with E-state index in [0.29, 0.717) is 12.0 Å². The number of rotatable bonds is 2. The smallest absolute Gasteiger partial charge is 0.249 e. The molecular weight excluding hydrogens is 190 g/mol. The molecule has 0 aromatic carbocycles.